The van der Waals surface area contributed by atoms with Gasteiger partial charge in [0.15, 0.2) is 0 Å². The van der Waals surface area contributed by atoms with E-state index in [-0.39, 0.29) is 0 Å². The predicted octanol–water partition coefficient (Wildman–Crippen LogP) is 1.09. The molecule has 0 saturated carbocycles. The summed E-state index contributed by atoms with van der Waals surface area (Å²) in [6, 6.07) is 2.08. The van der Waals surface area contributed by atoms with E-state index in [2.05, 4.69) is 17.2 Å². The van der Waals surface area contributed by atoms with Gasteiger partial charge in [-0.1, -0.05) is 0 Å². The van der Waals surface area contributed by atoms with Gasteiger partial charge in [0.05, 0.1) is 5.69 Å². The van der Waals surface area contributed by atoms with Crippen molar-refractivity contribution in [1.82, 2.24) is 4.57 Å². The molecule has 0 atom stereocenters. The smallest absolute Gasteiger partial charge is 0.0540 e. The minimum atomic E-state index is 1.25. The molecule has 2 heteroatoms. The second-order valence-electron chi connectivity index (χ2n) is 2.43. The van der Waals surface area contributed by atoms with Crippen LogP contribution >= 0.6 is 0 Å². The van der Waals surface area contributed by atoms with E-state index in [0.29, 0.717) is 0 Å². The molecule has 0 bridgehead atoms. The van der Waals surface area contributed by atoms with E-state index in [9.17, 15) is 0 Å². The highest BCUT2D eigenvalue weighted by Gasteiger charge is 1.92. The van der Waals surface area contributed by atoms with Crippen LogP contribution in [0.1, 0.15) is 0 Å². The molecule has 0 aliphatic rings. The Bertz CT molecular complexity index is 189. The van der Waals surface area contributed by atoms with Crippen molar-refractivity contribution in [2.75, 3.05) is 19.0 Å². The molecule has 9 heavy (non-hydrogen) atoms. The molecule has 1 heterocycles. The maximum atomic E-state index is 2.08. The molecule has 0 fully saturated rings. The first-order chi connectivity index (χ1) is 4.20. The topological polar surface area (TPSA) is 8.17 Å². The second-order valence-corrected chi connectivity index (χ2v) is 2.43. The summed E-state index contributed by atoms with van der Waals surface area (Å²) in [5, 5.41) is 0. The Morgan fingerprint density at radius 2 is 2.11 bits per heavy atom. The van der Waals surface area contributed by atoms with Crippen LogP contribution in [-0.2, 0) is 7.05 Å². The first-order valence-electron chi connectivity index (χ1n) is 2.99. The van der Waals surface area contributed by atoms with Crippen LogP contribution in [0.5, 0.6) is 0 Å². The Balaban J connectivity index is 2.85. The Morgan fingerprint density at radius 3 is 2.33 bits per heavy atom. The van der Waals surface area contributed by atoms with Crippen LogP contribution in [-0.4, -0.2) is 18.7 Å². The van der Waals surface area contributed by atoms with Crippen molar-refractivity contribution in [1.29, 1.82) is 0 Å². The highest BCUT2D eigenvalue weighted by molar-refractivity contribution is 5.42. The lowest BCUT2D eigenvalue weighted by molar-refractivity contribution is 0.924. The molecule has 0 aliphatic carbocycles. The summed E-state index contributed by atoms with van der Waals surface area (Å²) in [5.41, 5.74) is 1.25. The van der Waals surface area contributed by atoms with Crippen molar-refractivity contribution in [2.45, 2.75) is 0 Å². The van der Waals surface area contributed by atoms with Gasteiger partial charge in [-0.05, 0) is 6.07 Å². The third kappa shape index (κ3) is 1.25. The minimum Gasteiger partial charge on any atom is -0.376 e. The van der Waals surface area contributed by atoms with E-state index in [0.717, 1.165) is 0 Å². The van der Waals surface area contributed by atoms with Crippen molar-refractivity contribution < 1.29 is 0 Å². The van der Waals surface area contributed by atoms with Gasteiger partial charge in [-0.15, -0.1) is 0 Å². The van der Waals surface area contributed by atoms with Crippen LogP contribution in [0, 0.1) is 0 Å². The SMILES string of the molecule is CN(C)c1ccn(C)c1. The van der Waals surface area contributed by atoms with Gasteiger partial charge >= 0.3 is 0 Å². The fourth-order valence-corrected chi connectivity index (χ4v) is 0.753. The van der Waals surface area contributed by atoms with Gasteiger partial charge in [-0.2, -0.15) is 0 Å². The lowest BCUT2D eigenvalue weighted by Gasteiger charge is -2.07. The molecule has 50 valence electrons. The van der Waals surface area contributed by atoms with Gasteiger partial charge in [-0.25, -0.2) is 0 Å². The van der Waals surface area contributed by atoms with Crippen LogP contribution < -0.4 is 4.90 Å². The molecular weight excluding hydrogens is 112 g/mol. The molecule has 0 amide bonds. The molecule has 0 aromatic carbocycles. The lowest BCUT2D eigenvalue weighted by atomic mass is 10.5. The monoisotopic (exact) mass is 124 g/mol. The van der Waals surface area contributed by atoms with E-state index < -0.39 is 0 Å². The summed E-state index contributed by atoms with van der Waals surface area (Å²) >= 11 is 0. The molecular formula is C7H12N2. The van der Waals surface area contributed by atoms with Gasteiger partial charge in [0.1, 0.15) is 0 Å². The van der Waals surface area contributed by atoms with Gasteiger partial charge < -0.3 is 9.47 Å². The quantitative estimate of drug-likeness (QED) is 0.544. The van der Waals surface area contributed by atoms with E-state index in [1.54, 1.807) is 0 Å². The zero-order chi connectivity index (χ0) is 6.85. The highest BCUT2D eigenvalue weighted by atomic mass is 15.1. The van der Waals surface area contributed by atoms with Crippen LogP contribution in [0.3, 0.4) is 0 Å². The number of hydrogen-bond donors (Lipinski definition) is 0. The third-order valence-corrected chi connectivity index (χ3v) is 1.33. The molecule has 1 aromatic heterocycles. The van der Waals surface area contributed by atoms with Gasteiger partial charge in [-0.3, -0.25) is 0 Å². The second kappa shape index (κ2) is 2.13. The average Bonchev–Trinajstić information content (AvgIpc) is 2.14. The van der Waals surface area contributed by atoms with Gasteiger partial charge in [0.25, 0.3) is 0 Å². The van der Waals surface area contributed by atoms with Gasteiger partial charge in [0, 0.05) is 33.5 Å². The molecule has 1 aromatic rings. The summed E-state index contributed by atoms with van der Waals surface area (Å²) in [4.78, 5) is 2.08. The maximum absolute atomic E-state index is 2.08. The number of nitrogens with zero attached hydrogens (tertiary/aromatic N) is 2. The van der Waals surface area contributed by atoms with Gasteiger partial charge in [0.2, 0.25) is 0 Å². The Labute approximate surface area is 55.7 Å². The average molecular weight is 124 g/mol. The van der Waals surface area contributed by atoms with Crippen LogP contribution in [0.25, 0.3) is 0 Å². The number of hydrogen-bond acceptors (Lipinski definition) is 1. The summed E-state index contributed by atoms with van der Waals surface area (Å²) in [7, 11) is 6.09. The Hall–Kier alpha value is -0.920. The molecule has 2 nitrogen and oxygen atoms in total. The Kier molecular flexibility index (Phi) is 1.47. The third-order valence-electron chi connectivity index (χ3n) is 1.33. The molecule has 0 saturated heterocycles. The molecule has 0 spiro atoms. The van der Waals surface area contributed by atoms with Crippen LogP contribution in [0.4, 0.5) is 5.69 Å². The van der Waals surface area contributed by atoms with Crippen molar-refractivity contribution in [3.05, 3.63) is 18.5 Å². The summed E-state index contributed by atoms with van der Waals surface area (Å²) < 4.78 is 2.04. The summed E-state index contributed by atoms with van der Waals surface area (Å²) in [6.07, 6.45) is 4.12. The highest BCUT2D eigenvalue weighted by Crippen LogP contribution is 2.08. The van der Waals surface area contributed by atoms with Crippen molar-refractivity contribution >= 4 is 5.69 Å². The fourth-order valence-electron chi connectivity index (χ4n) is 0.753. The van der Waals surface area contributed by atoms with Crippen molar-refractivity contribution in [3.8, 4) is 0 Å². The Morgan fingerprint density at radius 1 is 1.44 bits per heavy atom. The number of aryl methyl sites for hydroxylation is 1. The molecule has 1 rings (SSSR count). The minimum absolute atomic E-state index is 1.25. The van der Waals surface area contributed by atoms with Crippen LogP contribution in [0.15, 0.2) is 18.5 Å². The van der Waals surface area contributed by atoms with E-state index in [1.165, 1.54) is 5.69 Å². The molecule has 0 unspecified atom stereocenters. The first kappa shape index (κ1) is 6.20. The number of aromatic nitrogens is 1. The lowest BCUT2D eigenvalue weighted by Crippen LogP contribution is -2.07. The zero-order valence-corrected chi connectivity index (χ0v) is 6.13. The van der Waals surface area contributed by atoms with Crippen molar-refractivity contribution in [3.63, 3.8) is 0 Å². The molecule has 0 aliphatic heterocycles. The predicted molar refractivity (Wildman–Crippen MR) is 39.7 cm³/mol. The number of rotatable bonds is 1. The summed E-state index contributed by atoms with van der Waals surface area (Å²) in [6.45, 7) is 0. The zero-order valence-electron chi connectivity index (χ0n) is 6.13. The van der Waals surface area contributed by atoms with Crippen LogP contribution in [0.2, 0.25) is 0 Å². The first-order valence-corrected chi connectivity index (χ1v) is 2.99. The molecule has 0 N–H and O–H groups in total. The molecule has 0 radical (unpaired) electrons. The van der Waals surface area contributed by atoms with Crippen molar-refractivity contribution in [2.24, 2.45) is 7.05 Å². The van der Waals surface area contributed by atoms with E-state index >= 15 is 0 Å². The van der Waals surface area contributed by atoms with E-state index in [4.69, 9.17) is 0 Å². The number of anilines is 1. The summed E-state index contributed by atoms with van der Waals surface area (Å²) in [5.74, 6) is 0. The largest absolute Gasteiger partial charge is 0.376 e. The normalized spacial score (nSPS) is 9.67. The standard InChI is InChI=1S/C7H12N2/c1-8(2)7-4-5-9(3)6-7/h4-6H,1-3H3. The van der Waals surface area contributed by atoms with E-state index in [1.807, 2.05) is 31.9 Å². The maximum Gasteiger partial charge on any atom is 0.0540 e. The fraction of sp³-hybridized carbons (Fsp3) is 0.429.